The summed E-state index contributed by atoms with van der Waals surface area (Å²) in [7, 11) is 0. The molecule has 5 nitrogen and oxygen atoms in total. The molecule has 0 saturated heterocycles. The topological polar surface area (TPSA) is 75.6 Å². The van der Waals surface area contributed by atoms with Crippen LogP contribution in [0.3, 0.4) is 0 Å². The molecule has 0 radical (unpaired) electrons. The number of carbonyl (C=O) groups is 2. The van der Waals surface area contributed by atoms with Crippen molar-refractivity contribution in [1.82, 2.24) is 5.32 Å². The van der Waals surface area contributed by atoms with Crippen LogP contribution in [0.25, 0.3) is 0 Å². The number of rotatable bonds is 6. The van der Waals surface area contributed by atoms with E-state index in [2.05, 4.69) is 19.2 Å². The van der Waals surface area contributed by atoms with Crippen molar-refractivity contribution in [2.75, 3.05) is 0 Å². The second kappa shape index (κ2) is 8.02. The van der Waals surface area contributed by atoms with Crippen molar-refractivity contribution >= 4 is 12.1 Å². The summed E-state index contributed by atoms with van der Waals surface area (Å²) >= 11 is 0. The van der Waals surface area contributed by atoms with Crippen LogP contribution in [0, 0.1) is 11.3 Å². The summed E-state index contributed by atoms with van der Waals surface area (Å²) in [4.78, 5) is 23.3. The van der Waals surface area contributed by atoms with Gasteiger partial charge in [0.15, 0.2) is 0 Å². The van der Waals surface area contributed by atoms with Gasteiger partial charge in [-0.15, -0.1) is 0 Å². The Hall–Kier alpha value is -1.26. The Kier molecular flexibility index (Phi) is 6.90. The van der Waals surface area contributed by atoms with Crippen LogP contribution in [0.4, 0.5) is 4.79 Å². The van der Waals surface area contributed by atoms with E-state index in [1.54, 1.807) is 20.8 Å². The summed E-state index contributed by atoms with van der Waals surface area (Å²) in [6, 6.07) is -0.870. The molecule has 1 unspecified atom stereocenters. The number of carboxylic acid groups (broad SMARTS) is 1. The van der Waals surface area contributed by atoms with E-state index in [0.29, 0.717) is 17.8 Å². The molecule has 0 heterocycles. The SMILES string of the molecule is CCC1(CC)CCC(CC(NC(=O)OC(C)(C)C)C(=O)O)CC1. The average Bonchev–Trinajstić information content (AvgIpc) is 2.45. The molecule has 1 rings (SSSR count). The van der Waals surface area contributed by atoms with Gasteiger partial charge in [-0.25, -0.2) is 9.59 Å². The Morgan fingerprint density at radius 2 is 1.74 bits per heavy atom. The second-order valence-corrected chi connectivity index (χ2v) is 7.92. The molecule has 1 aliphatic carbocycles. The molecule has 1 fully saturated rings. The lowest BCUT2D eigenvalue weighted by Crippen LogP contribution is -2.45. The molecule has 0 aromatic heterocycles. The molecule has 0 aromatic carbocycles. The minimum absolute atomic E-state index is 0.359. The fraction of sp³-hybridized carbons (Fsp3) is 0.889. The van der Waals surface area contributed by atoms with Crippen molar-refractivity contribution in [1.29, 1.82) is 0 Å². The van der Waals surface area contributed by atoms with Gasteiger partial charge in [0.25, 0.3) is 0 Å². The van der Waals surface area contributed by atoms with Crippen molar-refractivity contribution in [3.8, 4) is 0 Å². The van der Waals surface area contributed by atoms with E-state index in [1.165, 1.54) is 12.8 Å². The van der Waals surface area contributed by atoms with Gasteiger partial charge in [0.2, 0.25) is 0 Å². The molecule has 0 bridgehead atoms. The van der Waals surface area contributed by atoms with Crippen LogP contribution in [-0.2, 0) is 9.53 Å². The predicted octanol–water partition coefficient (Wildman–Crippen LogP) is 4.35. The molecule has 1 atom stereocenters. The minimum Gasteiger partial charge on any atom is -0.480 e. The quantitative estimate of drug-likeness (QED) is 0.760. The monoisotopic (exact) mass is 327 g/mol. The standard InChI is InChI=1S/C18H33NO4/c1-6-18(7-2)10-8-13(9-11-18)12-14(15(20)21)19-16(22)23-17(3,4)5/h13-14H,6-12H2,1-5H3,(H,19,22)(H,20,21). The molecule has 0 aromatic rings. The molecule has 1 amide bonds. The van der Waals surface area contributed by atoms with Crippen LogP contribution in [0.2, 0.25) is 0 Å². The van der Waals surface area contributed by atoms with Gasteiger partial charge < -0.3 is 15.2 Å². The van der Waals surface area contributed by atoms with E-state index in [1.807, 2.05) is 0 Å². The van der Waals surface area contributed by atoms with Crippen LogP contribution in [-0.4, -0.2) is 28.8 Å². The maximum atomic E-state index is 11.8. The minimum atomic E-state index is -0.987. The molecule has 1 aliphatic rings. The zero-order chi connectivity index (χ0) is 17.7. The first-order valence-electron chi connectivity index (χ1n) is 8.83. The largest absolute Gasteiger partial charge is 0.480 e. The summed E-state index contributed by atoms with van der Waals surface area (Å²) < 4.78 is 5.16. The van der Waals surface area contributed by atoms with Gasteiger partial charge in [-0.2, -0.15) is 0 Å². The first-order chi connectivity index (χ1) is 10.6. The zero-order valence-corrected chi connectivity index (χ0v) is 15.3. The Bertz CT molecular complexity index is 400. The normalized spacial score (nSPS) is 19.9. The summed E-state index contributed by atoms with van der Waals surface area (Å²) in [6.07, 6.45) is 6.61. The lowest BCUT2D eigenvalue weighted by Gasteiger charge is -2.39. The summed E-state index contributed by atoms with van der Waals surface area (Å²) in [5, 5.41) is 11.9. The van der Waals surface area contributed by atoms with E-state index in [9.17, 15) is 14.7 Å². The summed E-state index contributed by atoms with van der Waals surface area (Å²) in [6.45, 7) is 9.78. The third-order valence-electron chi connectivity index (χ3n) is 5.22. The number of hydrogen-bond donors (Lipinski definition) is 2. The van der Waals surface area contributed by atoms with Crippen molar-refractivity contribution in [2.24, 2.45) is 11.3 Å². The van der Waals surface area contributed by atoms with E-state index < -0.39 is 23.7 Å². The third-order valence-corrected chi connectivity index (χ3v) is 5.22. The van der Waals surface area contributed by atoms with Gasteiger partial charge in [0, 0.05) is 0 Å². The van der Waals surface area contributed by atoms with Crippen molar-refractivity contribution in [2.45, 2.75) is 91.2 Å². The Morgan fingerprint density at radius 3 is 2.13 bits per heavy atom. The van der Waals surface area contributed by atoms with Crippen LogP contribution >= 0.6 is 0 Å². The van der Waals surface area contributed by atoms with Crippen LogP contribution in [0.1, 0.15) is 79.6 Å². The van der Waals surface area contributed by atoms with Gasteiger partial charge in [-0.3, -0.25) is 0 Å². The predicted molar refractivity (Wildman–Crippen MR) is 90.4 cm³/mol. The van der Waals surface area contributed by atoms with E-state index in [4.69, 9.17) is 4.74 Å². The van der Waals surface area contributed by atoms with Crippen LogP contribution in [0.15, 0.2) is 0 Å². The first kappa shape index (κ1) is 19.8. The summed E-state index contributed by atoms with van der Waals surface area (Å²) in [5.41, 5.74) is -0.187. The number of nitrogens with one attached hydrogen (secondary N) is 1. The molecule has 0 spiro atoms. The Morgan fingerprint density at radius 1 is 1.22 bits per heavy atom. The van der Waals surface area contributed by atoms with Crippen molar-refractivity contribution < 1.29 is 19.4 Å². The highest BCUT2D eigenvalue weighted by atomic mass is 16.6. The molecule has 0 aliphatic heterocycles. The fourth-order valence-electron chi connectivity index (χ4n) is 3.49. The lowest BCUT2D eigenvalue weighted by molar-refractivity contribution is -0.140. The molecule has 2 N–H and O–H groups in total. The highest BCUT2D eigenvalue weighted by Crippen LogP contribution is 2.44. The third kappa shape index (κ3) is 6.40. The van der Waals surface area contributed by atoms with Gasteiger partial charge >= 0.3 is 12.1 Å². The van der Waals surface area contributed by atoms with Gasteiger partial charge in [0.1, 0.15) is 11.6 Å². The van der Waals surface area contributed by atoms with Crippen LogP contribution in [0.5, 0.6) is 0 Å². The number of hydrogen-bond acceptors (Lipinski definition) is 3. The second-order valence-electron chi connectivity index (χ2n) is 7.92. The maximum absolute atomic E-state index is 11.8. The molecular weight excluding hydrogens is 294 g/mol. The van der Waals surface area contributed by atoms with Gasteiger partial charge in [-0.05, 0) is 64.2 Å². The lowest BCUT2D eigenvalue weighted by atomic mass is 9.66. The molecule has 134 valence electrons. The van der Waals surface area contributed by atoms with Crippen molar-refractivity contribution in [3.63, 3.8) is 0 Å². The van der Waals surface area contributed by atoms with E-state index in [-0.39, 0.29) is 0 Å². The van der Waals surface area contributed by atoms with Crippen LogP contribution < -0.4 is 5.32 Å². The smallest absolute Gasteiger partial charge is 0.408 e. The van der Waals surface area contributed by atoms with E-state index >= 15 is 0 Å². The molecule has 1 saturated carbocycles. The Labute approximate surface area is 140 Å². The highest BCUT2D eigenvalue weighted by molar-refractivity contribution is 5.80. The van der Waals surface area contributed by atoms with Crippen molar-refractivity contribution in [3.05, 3.63) is 0 Å². The molecular formula is C18H33NO4. The summed E-state index contributed by atoms with van der Waals surface area (Å²) in [5.74, 6) is -0.629. The molecule has 5 heteroatoms. The fourth-order valence-corrected chi connectivity index (χ4v) is 3.49. The molecule has 23 heavy (non-hydrogen) atoms. The number of ether oxygens (including phenoxy) is 1. The first-order valence-corrected chi connectivity index (χ1v) is 8.83. The maximum Gasteiger partial charge on any atom is 0.408 e. The number of carboxylic acids is 1. The average molecular weight is 327 g/mol. The zero-order valence-electron chi connectivity index (χ0n) is 15.3. The van der Waals surface area contributed by atoms with E-state index in [0.717, 1.165) is 25.7 Å². The number of amides is 1. The number of carbonyl (C=O) groups excluding carboxylic acids is 1. The number of alkyl carbamates (subject to hydrolysis) is 1. The van der Waals surface area contributed by atoms with Gasteiger partial charge in [0.05, 0.1) is 0 Å². The van der Waals surface area contributed by atoms with Gasteiger partial charge in [-0.1, -0.05) is 26.7 Å². The Balaban J connectivity index is 2.55. The highest BCUT2D eigenvalue weighted by Gasteiger charge is 2.34. The number of aliphatic carboxylic acids is 1.